The molecule has 1 aromatic carbocycles. The van der Waals surface area contributed by atoms with Crippen molar-refractivity contribution in [3.8, 4) is 5.75 Å². The molecule has 0 saturated carbocycles. The molecule has 5 nitrogen and oxygen atoms in total. The van der Waals surface area contributed by atoms with Gasteiger partial charge in [-0.3, -0.25) is 0 Å². The van der Waals surface area contributed by atoms with Gasteiger partial charge in [-0.05, 0) is 40.9 Å². The van der Waals surface area contributed by atoms with E-state index in [0.29, 0.717) is 11.5 Å². The van der Waals surface area contributed by atoms with Gasteiger partial charge in [-0.25, -0.2) is 0 Å². The molecule has 0 radical (unpaired) electrons. The van der Waals surface area contributed by atoms with Crippen LogP contribution < -0.4 is 5.73 Å². The normalized spacial score (nSPS) is 12.1. The van der Waals surface area contributed by atoms with Crippen LogP contribution in [0.1, 0.15) is 4.88 Å². The third-order valence-electron chi connectivity index (χ3n) is 1.94. The number of hydrogen-bond acceptors (Lipinski definition) is 4. The molecule has 86 valence electrons. The number of thiophene rings is 1. The summed E-state index contributed by atoms with van der Waals surface area (Å²) in [5.74, 6) is 0.521. The lowest BCUT2D eigenvalue weighted by molar-refractivity contribution is 0.475. The van der Waals surface area contributed by atoms with Crippen LogP contribution in [0.25, 0.3) is 0 Å². The van der Waals surface area contributed by atoms with E-state index < -0.39 is 0 Å². The van der Waals surface area contributed by atoms with Crippen LogP contribution in [0.5, 0.6) is 5.75 Å². The maximum absolute atomic E-state index is 9.08. The number of benzene rings is 1. The van der Waals surface area contributed by atoms with Gasteiger partial charge in [0.2, 0.25) is 0 Å². The predicted octanol–water partition coefficient (Wildman–Crippen LogP) is 2.86. The van der Waals surface area contributed by atoms with E-state index in [2.05, 4.69) is 15.4 Å². The molecule has 1 aromatic heterocycles. The molecule has 0 aliphatic rings. The van der Waals surface area contributed by atoms with E-state index in [1.54, 1.807) is 12.1 Å². The highest BCUT2D eigenvalue weighted by Crippen LogP contribution is 2.17. The molecule has 1 heterocycles. The Balaban J connectivity index is 2.07. The topological polar surface area (TPSA) is 83.3 Å². The SMILES string of the molecule is NC(=NN=Nc1ccc(O)cc1)c1cccs1. The minimum atomic E-state index is 0.186. The standard InChI is InChI=1S/C11H10N4OS/c12-11(10-2-1-7-17-10)14-15-13-8-3-5-9(16)6-4-8/h1-7,16H,(H2,12,13,14). The minimum Gasteiger partial charge on any atom is -0.508 e. The van der Waals surface area contributed by atoms with Crippen LogP contribution in [0.3, 0.4) is 0 Å². The van der Waals surface area contributed by atoms with Gasteiger partial charge in [-0.15, -0.1) is 21.6 Å². The van der Waals surface area contributed by atoms with E-state index in [1.165, 1.54) is 23.5 Å². The number of aromatic hydroxyl groups is 1. The van der Waals surface area contributed by atoms with Gasteiger partial charge in [0.05, 0.1) is 10.6 Å². The van der Waals surface area contributed by atoms with Crippen molar-refractivity contribution in [1.82, 2.24) is 0 Å². The Hall–Kier alpha value is -2.21. The average Bonchev–Trinajstić information content (AvgIpc) is 2.85. The molecule has 3 N–H and O–H groups in total. The summed E-state index contributed by atoms with van der Waals surface area (Å²) in [5.41, 5.74) is 6.30. The molecule has 6 heteroatoms. The van der Waals surface area contributed by atoms with Gasteiger partial charge in [0.1, 0.15) is 5.75 Å². The fraction of sp³-hybridized carbons (Fsp3) is 0. The number of nitrogens with zero attached hydrogens (tertiary/aromatic N) is 3. The van der Waals surface area contributed by atoms with Crippen LogP contribution in [-0.4, -0.2) is 10.9 Å². The van der Waals surface area contributed by atoms with Crippen LogP contribution in [0.4, 0.5) is 5.69 Å². The number of rotatable bonds is 3. The molecular formula is C11H10N4OS. The number of phenolic OH excluding ortho intramolecular Hbond substituents is 1. The second-order valence-electron chi connectivity index (χ2n) is 3.17. The van der Waals surface area contributed by atoms with Crippen molar-refractivity contribution in [2.24, 2.45) is 21.2 Å². The van der Waals surface area contributed by atoms with Crippen LogP contribution in [0.2, 0.25) is 0 Å². The first kappa shape index (κ1) is 11.3. The number of nitrogens with two attached hydrogens (primary N) is 1. The van der Waals surface area contributed by atoms with E-state index in [4.69, 9.17) is 10.8 Å². The molecule has 0 unspecified atom stereocenters. The second-order valence-corrected chi connectivity index (χ2v) is 4.12. The summed E-state index contributed by atoms with van der Waals surface area (Å²) in [6.07, 6.45) is 0. The summed E-state index contributed by atoms with van der Waals surface area (Å²) in [6.45, 7) is 0. The largest absolute Gasteiger partial charge is 0.508 e. The van der Waals surface area contributed by atoms with Crippen molar-refractivity contribution in [3.05, 3.63) is 46.7 Å². The molecule has 0 saturated heterocycles. The van der Waals surface area contributed by atoms with Crippen LogP contribution in [0.15, 0.2) is 57.2 Å². The Labute approximate surface area is 102 Å². The average molecular weight is 246 g/mol. The number of amidine groups is 1. The van der Waals surface area contributed by atoms with Gasteiger partial charge >= 0.3 is 0 Å². The Bertz CT molecular complexity index is 531. The first-order chi connectivity index (χ1) is 8.25. The van der Waals surface area contributed by atoms with E-state index in [0.717, 1.165) is 4.88 Å². The van der Waals surface area contributed by atoms with Crippen LogP contribution in [0, 0.1) is 0 Å². The van der Waals surface area contributed by atoms with Gasteiger partial charge in [-0.2, -0.15) is 0 Å². The van der Waals surface area contributed by atoms with E-state index in [1.807, 2.05) is 17.5 Å². The van der Waals surface area contributed by atoms with Crippen molar-refractivity contribution in [2.45, 2.75) is 0 Å². The second kappa shape index (κ2) is 5.22. The van der Waals surface area contributed by atoms with Crippen molar-refractivity contribution in [3.63, 3.8) is 0 Å². The Morgan fingerprint density at radius 1 is 1.18 bits per heavy atom. The Morgan fingerprint density at radius 2 is 1.94 bits per heavy atom. The smallest absolute Gasteiger partial charge is 0.165 e. The number of hydrogen-bond donors (Lipinski definition) is 2. The zero-order valence-corrected chi connectivity index (χ0v) is 9.63. The van der Waals surface area contributed by atoms with E-state index in [-0.39, 0.29) is 5.75 Å². The molecule has 0 bridgehead atoms. The molecule has 2 aromatic rings. The fourth-order valence-electron chi connectivity index (χ4n) is 1.12. The lowest BCUT2D eigenvalue weighted by atomic mass is 10.3. The lowest BCUT2D eigenvalue weighted by Gasteiger charge is -1.92. The summed E-state index contributed by atoms with van der Waals surface area (Å²) in [7, 11) is 0. The highest BCUT2D eigenvalue weighted by atomic mass is 32.1. The molecule has 0 amide bonds. The van der Waals surface area contributed by atoms with Crippen LogP contribution in [-0.2, 0) is 0 Å². The lowest BCUT2D eigenvalue weighted by Crippen LogP contribution is -2.10. The first-order valence-electron chi connectivity index (χ1n) is 4.83. The Kier molecular flexibility index (Phi) is 3.46. The van der Waals surface area contributed by atoms with Gasteiger partial charge < -0.3 is 10.8 Å². The molecule has 17 heavy (non-hydrogen) atoms. The molecular weight excluding hydrogens is 236 g/mol. The third-order valence-corrected chi connectivity index (χ3v) is 2.83. The molecule has 2 rings (SSSR count). The fourth-order valence-corrected chi connectivity index (χ4v) is 1.74. The zero-order chi connectivity index (χ0) is 12.1. The van der Waals surface area contributed by atoms with Crippen molar-refractivity contribution >= 4 is 22.9 Å². The van der Waals surface area contributed by atoms with Gasteiger partial charge in [-0.1, -0.05) is 6.07 Å². The van der Waals surface area contributed by atoms with Crippen molar-refractivity contribution in [1.29, 1.82) is 0 Å². The first-order valence-corrected chi connectivity index (χ1v) is 5.71. The quantitative estimate of drug-likeness (QED) is 0.378. The van der Waals surface area contributed by atoms with Gasteiger partial charge in [0, 0.05) is 0 Å². The minimum absolute atomic E-state index is 0.186. The highest BCUT2D eigenvalue weighted by molar-refractivity contribution is 7.12. The molecule has 0 atom stereocenters. The third kappa shape index (κ3) is 3.12. The van der Waals surface area contributed by atoms with Gasteiger partial charge in [0.25, 0.3) is 0 Å². The Morgan fingerprint density at radius 3 is 2.59 bits per heavy atom. The molecule has 0 aliphatic heterocycles. The molecule has 0 aliphatic carbocycles. The summed E-state index contributed by atoms with van der Waals surface area (Å²) < 4.78 is 0. The summed E-state index contributed by atoms with van der Waals surface area (Å²) >= 11 is 1.49. The van der Waals surface area contributed by atoms with Crippen LogP contribution >= 0.6 is 11.3 Å². The maximum atomic E-state index is 9.08. The summed E-state index contributed by atoms with van der Waals surface area (Å²) in [5, 5.41) is 22.3. The van der Waals surface area contributed by atoms with Crippen molar-refractivity contribution in [2.75, 3.05) is 0 Å². The molecule has 0 spiro atoms. The predicted molar refractivity (Wildman–Crippen MR) is 67.7 cm³/mol. The highest BCUT2D eigenvalue weighted by Gasteiger charge is 1.97. The zero-order valence-electron chi connectivity index (χ0n) is 8.82. The summed E-state index contributed by atoms with van der Waals surface area (Å²) in [6, 6.07) is 10.1. The van der Waals surface area contributed by atoms with E-state index >= 15 is 0 Å². The summed E-state index contributed by atoms with van der Waals surface area (Å²) in [4.78, 5) is 0.856. The maximum Gasteiger partial charge on any atom is 0.165 e. The number of phenols is 1. The molecule has 0 fully saturated rings. The van der Waals surface area contributed by atoms with Crippen molar-refractivity contribution < 1.29 is 5.11 Å². The monoisotopic (exact) mass is 246 g/mol. The van der Waals surface area contributed by atoms with E-state index in [9.17, 15) is 0 Å². The van der Waals surface area contributed by atoms with Gasteiger partial charge in [0.15, 0.2) is 5.84 Å².